The van der Waals surface area contributed by atoms with E-state index in [2.05, 4.69) is 42.5 Å². The molecule has 0 radical (unpaired) electrons. The fraction of sp³-hybridized carbons (Fsp3) is 0.278. The number of rotatable bonds is 1. The van der Waals surface area contributed by atoms with Crippen LogP contribution in [0.4, 0.5) is 0 Å². The van der Waals surface area contributed by atoms with Gasteiger partial charge in [-0.1, -0.05) is 48.5 Å². The summed E-state index contributed by atoms with van der Waals surface area (Å²) in [5, 5.41) is 0. The second-order valence-electron chi connectivity index (χ2n) is 5.68. The Labute approximate surface area is 118 Å². The van der Waals surface area contributed by atoms with E-state index in [4.69, 9.17) is 4.74 Å². The lowest BCUT2D eigenvalue weighted by atomic mass is 9.79. The highest BCUT2D eigenvalue weighted by Crippen LogP contribution is 2.57. The number of esters is 1. The van der Waals surface area contributed by atoms with Gasteiger partial charge in [-0.25, -0.2) is 0 Å². The van der Waals surface area contributed by atoms with Crippen molar-refractivity contribution in [3.8, 4) is 0 Å². The maximum absolute atomic E-state index is 11.5. The molecule has 0 aromatic heterocycles. The highest BCUT2D eigenvalue weighted by atomic mass is 16.5. The zero-order chi connectivity index (χ0) is 13.7. The third-order valence-electron chi connectivity index (χ3n) is 4.60. The van der Waals surface area contributed by atoms with Crippen molar-refractivity contribution in [2.75, 3.05) is 0 Å². The molecule has 0 amide bonds. The van der Waals surface area contributed by atoms with Gasteiger partial charge in [0.25, 0.3) is 0 Å². The Bertz CT molecular complexity index is 689. The molecule has 100 valence electrons. The Balaban J connectivity index is 1.92. The number of carbonyl (C=O) groups is 1. The normalized spacial score (nSPS) is 25.8. The second-order valence-corrected chi connectivity index (χ2v) is 5.68. The number of hydrogen-bond acceptors (Lipinski definition) is 2. The standard InChI is InChI=1S/C18H16O2/c1-11(19)20-18-15-9-5-4-8-14(15)16-10-17(18)13-7-3-2-6-12(13)16/h2-9,16-18H,10H2,1H3. The van der Waals surface area contributed by atoms with Crippen LogP contribution in [-0.2, 0) is 9.53 Å². The third-order valence-corrected chi connectivity index (χ3v) is 4.60. The van der Waals surface area contributed by atoms with Gasteiger partial charge in [-0.05, 0) is 28.7 Å². The Hall–Kier alpha value is -2.09. The smallest absolute Gasteiger partial charge is 0.303 e. The molecular formula is C18H16O2. The van der Waals surface area contributed by atoms with Crippen molar-refractivity contribution >= 4 is 5.97 Å². The quantitative estimate of drug-likeness (QED) is 0.730. The summed E-state index contributed by atoms with van der Waals surface area (Å²) >= 11 is 0. The van der Waals surface area contributed by atoms with Crippen molar-refractivity contribution < 1.29 is 9.53 Å². The lowest BCUT2D eigenvalue weighted by molar-refractivity contribution is -0.148. The van der Waals surface area contributed by atoms with Crippen LogP contribution in [0.25, 0.3) is 0 Å². The highest BCUT2D eigenvalue weighted by Gasteiger charge is 2.44. The molecule has 3 atom stereocenters. The summed E-state index contributed by atoms with van der Waals surface area (Å²) < 4.78 is 5.67. The monoisotopic (exact) mass is 264 g/mol. The molecule has 3 unspecified atom stereocenters. The van der Waals surface area contributed by atoms with E-state index in [0.717, 1.165) is 6.42 Å². The van der Waals surface area contributed by atoms with Gasteiger partial charge in [-0.3, -0.25) is 4.79 Å². The first-order valence-electron chi connectivity index (χ1n) is 7.10. The predicted octanol–water partition coefficient (Wildman–Crippen LogP) is 3.92. The molecule has 2 aromatic carbocycles. The molecule has 2 nitrogen and oxygen atoms in total. The summed E-state index contributed by atoms with van der Waals surface area (Å²) in [6.07, 6.45) is 0.914. The lowest BCUT2D eigenvalue weighted by Crippen LogP contribution is -2.21. The summed E-state index contributed by atoms with van der Waals surface area (Å²) in [6.45, 7) is 1.50. The molecule has 0 saturated carbocycles. The zero-order valence-electron chi connectivity index (χ0n) is 11.4. The van der Waals surface area contributed by atoms with Gasteiger partial charge in [-0.2, -0.15) is 0 Å². The van der Waals surface area contributed by atoms with Crippen LogP contribution in [0.5, 0.6) is 0 Å². The van der Waals surface area contributed by atoms with Crippen LogP contribution < -0.4 is 0 Å². The van der Waals surface area contributed by atoms with Crippen molar-refractivity contribution in [1.82, 2.24) is 0 Å². The van der Waals surface area contributed by atoms with E-state index in [9.17, 15) is 4.79 Å². The minimum atomic E-state index is -0.201. The molecule has 0 fully saturated rings. The van der Waals surface area contributed by atoms with Gasteiger partial charge in [0.1, 0.15) is 6.10 Å². The van der Waals surface area contributed by atoms with Crippen molar-refractivity contribution in [3.05, 3.63) is 70.8 Å². The van der Waals surface area contributed by atoms with Gasteiger partial charge in [0, 0.05) is 18.8 Å². The van der Waals surface area contributed by atoms with Crippen molar-refractivity contribution in [3.63, 3.8) is 0 Å². The summed E-state index contributed by atoms with van der Waals surface area (Å²) in [5.41, 5.74) is 5.25. The first kappa shape index (κ1) is 11.7. The van der Waals surface area contributed by atoms with Gasteiger partial charge in [0.05, 0.1) is 0 Å². The first-order chi connectivity index (χ1) is 9.75. The van der Waals surface area contributed by atoms with Crippen molar-refractivity contribution in [2.24, 2.45) is 0 Å². The van der Waals surface area contributed by atoms with Crippen LogP contribution in [0.1, 0.15) is 53.5 Å². The van der Waals surface area contributed by atoms with E-state index < -0.39 is 0 Å². The molecule has 2 aromatic rings. The van der Waals surface area contributed by atoms with Gasteiger partial charge >= 0.3 is 5.97 Å². The van der Waals surface area contributed by atoms with E-state index in [-0.39, 0.29) is 12.1 Å². The molecule has 0 N–H and O–H groups in total. The van der Waals surface area contributed by atoms with E-state index in [0.29, 0.717) is 11.8 Å². The van der Waals surface area contributed by atoms with Crippen LogP contribution in [0.3, 0.4) is 0 Å². The van der Waals surface area contributed by atoms with Crippen LogP contribution in [0.2, 0.25) is 0 Å². The minimum Gasteiger partial charge on any atom is -0.457 e. The topological polar surface area (TPSA) is 26.3 Å². The van der Waals surface area contributed by atoms with Crippen LogP contribution in [0, 0.1) is 0 Å². The van der Waals surface area contributed by atoms with Gasteiger partial charge in [-0.15, -0.1) is 0 Å². The summed E-state index contributed by atoms with van der Waals surface area (Å²) in [5.74, 6) is 0.557. The van der Waals surface area contributed by atoms with Crippen molar-refractivity contribution in [1.29, 1.82) is 0 Å². The lowest BCUT2D eigenvalue weighted by Gasteiger charge is -2.31. The minimum absolute atomic E-state index is 0.136. The van der Waals surface area contributed by atoms with Gasteiger partial charge in [0.15, 0.2) is 0 Å². The van der Waals surface area contributed by atoms with Crippen LogP contribution in [-0.4, -0.2) is 5.97 Å². The molecule has 4 rings (SSSR count). The summed E-state index contributed by atoms with van der Waals surface area (Å²) in [4.78, 5) is 11.5. The van der Waals surface area contributed by atoms with Crippen molar-refractivity contribution in [2.45, 2.75) is 31.3 Å². The first-order valence-corrected chi connectivity index (χ1v) is 7.10. The third kappa shape index (κ3) is 1.54. The average molecular weight is 264 g/mol. The molecule has 2 aliphatic carbocycles. The Morgan fingerprint density at radius 1 is 0.950 bits per heavy atom. The summed E-state index contributed by atoms with van der Waals surface area (Å²) in [6, 6.07) is 17.0. The number of ether oxygens (including phenoxy) is 1. The Kier molecular flexibility index (Phi) is 2.46. The fourth-order valence-electron chi connectivity index (χ4n) is 3.88. The zero-order valence-corrected chi connectivity index (χ0v) is 11.4. The molecular weight excluding hydrogens is 248 g/mol. The van der Waals surface area contributed by atoms with Gasteiger partial charge in [0.2, 0.25) is 0 Å². The maximum Gasteiger partial charge on any atom is 0.303 e. The molecule has 2 aliphatic rings. The van der Waals surface area contributed by atoms with E-state index in [1.165, 1.54) is 29.2 Å². The largest absolute Gasteiger partial charge is 0.457 e. The van der Waals surface area contributed by atoms with E-state index >= 15 is 0 Å². The van der Waals surface area contributed by atoms with Gasteiger partial charge < -0.3 is 4.74 Å². The fourth-order valence-corrected chi connectivity index (χ4v) is 3.88. The Morgan fingerprint density at radius 2 is 1.50 bits per heavy atom. The molecule has 0 heterocycles. The highest BCUT2D eigenvalue weighted by molar-refractivity contribution is 5.67. The predicted molar refractivity (Wildman–Crippen MR) is 76.6 cm³/mol. The maximum atomic E-state index is 11.5. The number of hydrogen-bond donors (Lipinski definition) is 0. The molecule has 0 saturated heterocycles. The molecule has 0 spiro atoms. The average Bonchev–Trinajstić information content (AvgIpc) is 2.80. The van der Waals surface area contributed by atoms with E-state index in [1.807, 2.05) is 6.07 Å². The molecule has 2 heteroatoms. The molecule has 2 bridgehead atoms. The second kappa shape index (κ2) is 4.20. The van der Waals surface area contributed by atoms with E-state index in [1.54, 1.807) is 0 Å². The SMILES string of the molecule is CC(=O)OC1c2ccccc2C2CC1c1ccccc12. The Morgan fingerprint density at radius 3 is 2.15 bits per heavy atom. The molecule has 20 heavy (non-hydrogen) atoms. The number of carbonyl (C=O) groups excluding carboxylic acids is 1. The molecule has 0 aliphatic heterocycles. The van der Waals surface area contributed by atoms with Crippen LogP contribution in [0.15, 0.2) is 48.5 Å². The van der Waals surface area contributed by atoms with Crippen LogP contribution >= 0.6 is 0 Å². The number of fused-ring (bicyclic) bond motifs is 7. The summed E-state index contributed by atoms with van der Waals surface area (Å²) in [7, 11) is 0. The number of benzene rings is 2.